The second-order valence-electron chi connectivity index (χ2n) is 13.0. The van der Waals surface area contributed by atoms with Crippen LogP contribution in [0.15, 0.2) is 188 Å². The molecule has 2 nitrogen and oxygen atoms in total. The summed E-state index contributed by atoms with van der Waals surface area (Å²) in [6, 6.07) is 67.8. The zero-order valence-electron chi connectivity index (χ0n) is 27.8. The molecule has 3 heteroatoms. The van der Waals surface area contributed by atoms with E-state index in [0.717, 1.165) is 11.4 Å². The molecule has 0 saturated carbocycles. The Morgan fingerprint density at radius 1 is 0.412 bits per heavy atom. The lowest BCUT2D eigenvalue weighted by molar-refractivity contribution is 1.18. The van der Waals surface area contributed by atoms with Gasteiger partial charge in [0.2, 0.25) is 0 Å². The number of hydrogen-bond donors (Lipinski definition) is 1. The zero-order valence-corrected chi connectivity index (χ0v) is 28.6. The molecular formula is C48H32N2S. The number of rotatable bonds is 6. The molecule has 8 aromatic carbocycles. The molecule has 1 N–H and O–H groups in total. The molecule has 0 saturated heterocycles. The number of benzene rings is 8. The van der Waals surface area contributed by atoms with Gasteiger partial charge in [0, 0.05) is 53.6 Å². The van der Waals surface area contributed by atoms with Crippen LogP contribution in [0.2, 0.25) is 0 Å². The minimum Gasteiger partial charge on any atom is -0.355 e. The van der Waals surface area contributed by atoms with E-state index in [-0.39, 0.29) is 0 Å². The van der Waals surface area contributed by atoms with Crippen LogP contribution in [0.1, 0.15) is 0 Å². The van der Waals surface area contributed by atoms with Crippen molar-refractivity contribution in [3.05, 3.63) is 188 Å². The molecule has 0 aliphatic heterocycles. The van der Waals surface area contributed by atoms with Gasteiger partial charge in [0.1, 0.15) is 0 Å². The number of hydrogen-bond acceptors (Lipinski definition) is 2. The van der Waals surface area contributed by atoms with E-state index in [4.69, 9.17) is 0 Å². The Morgan fingerprint density at radius 3 is 1.92 bits per heavy atom. The highest BCUT2D eigenvalue weighted by Gasteiger charge is 2.18. The van der Waals surface area contributed by atoms with Gasteiger partial charge in [-0.25, -0.2) is 0 Å². The number of thiophene rings is 1. The van der Waals surface area contributed by atoms with Crippen molar-refractivity contribution < 1.29 is 0 Å². The number of anilines is 2. The van der Waals surface area contributed by atoms with Crippen molar-refractivity contribution in [2.45, 2.75) is 0 Å². The summed E-state index contributed by atoms with van der Waals surface area (Å²) in [5.74, 6) is 0. The van der Waals surface area contributed by atoms with Crippen LogP contribution in [-0.2, 0) is 0 Å². The Hall–Kier alpha value is -6.42. The van der Waals surface area contributed by atoms with E-state index in [1.807, 2.05) is 11.3 Å². The topological polar surface area (TPSA) is 17.0 Å². The first-order chi connectivity index (χ1) is 25.3. The Kier molecular flexibility index (Phi) is 7.04. The normalized spacial score (nSPS) is 11.5. The van der Waals surface area contributed by atoms with Gasteiger partial charge < -0.3 is 9.88 Å². The fourth-order valence-corrected chi connectivity index (χ4v) is 8.81. The van der Waals surface area contributed by atoms with E-state index in [9.17, 15) is 0 Å². The van der Waals surface area contributed by atoms with Gasteiger partial charge in [-0.2, -0.15) is 0 Å². The minimum atomic E-state index is 1.07. The van der Waals surface area contributed by atoms with E-state index < -0.39 is 0 Å². The molecule has 0 unspecified atom stereocenters. The number of nitrogens with one attached hydrogen (secondary N) is 1. The maximum atomic E-state index is 3.71. The first-order valence-electron chi connectivity index (χ1n) is 17.3. The summed E-state index contributed by atoms with van der Waals surface area (Å²) >= 11 is 1.90. The molecular weight excluding hydrogens is 637 g/mol. The third-order valence-corrected chi connectivity index (χ3v) is 11.2. The second-order valence-corrected chi connectivity index (χ2v) is 14.1. The van der Waals surface area contributed by atoms with Crippen LogP contribution < -0.4 is 5.32 Å². The Morgan fingerprint density at radius 2 is 1.08 bits per heavy atom. The van der Waals surface area contributed by atoms with Crippen LogP contribution in [0.25, 0.3) is 81.0 Å². The molecule has 10 aromatic rings. The van der Waals surface area contributed by atoms with Crippen molar-refractivity contribution in [2.24, 2.45) is 0 Å². The zero-order chi connectivity index (χ0) is 33.7. The summed E-state index contributed by atoms with van der Waals surface area (Å²) in [5.41, 5.74) is 13.0. The van der Waals surface area contributed by atoms with Gasteiger partial charge in [0.25, 0.3) is 0 Å². The van der Waals surface area contributed by atoms with Gasteiger partial charge in [-0.1, -0.05) is 133 Å². The largest absolute Gasteiger partial charge is 0.355 e. The summed E-state index contributed by atoms with van der Waals surface area (Å²) in [4.78, 5) is 0. The van der Waals surface area contributed by atoms with Crippen LogP contribution in [0, 0.1) is 0 Å². The van der Waals surface area contributed by atoms with Gasteiger partial charge in [-0.15, -0.1) is 11.3 Å². The van der Waals surface area contributed by atoms with E-state index in [1.54, 1.807) is 0 Å². The monoisotopic (exact) mass is 668 g/mol. The third kappa shape index (κ3) is 5.10. The lowest BCUT2D eigenvalue weighted by Gasteiger charge is -2.13. The first kappa shape index (κ1) is 29.5. The van der Waals surface area contributed by atoms with E-state index in [1.165, 1.54) is 81.0 Å². The predicted molar refractivity (Wildman–Crippen MR) is 220 cm³/mol. The highest BCUT2D eigenvalue weighted by Crippen LogP contribution is 2.44. The molecule has 0 atom stereocenters. The van der Waals surface area contributed by atoms with Crippen LogP contribution in [-0.4, -0.2) is 4.57 Å². The molecule has 0 fully saturated rings. The fraction of sp³-hybridized carbons (Fsp3) is 0. The van der Waals surface area contributed by atoms with E-state index in [0.29, 0.717) is 0 Å². The Bertz CT molecular complexity index is 2860. The molecule has 0 spiro atoms. The average Bonchev–Trinajstić information content (AvgIpc) is 3.74. The molecule has 10 rings (SSSR count). The van der Waals surface area contributed by atoms with Gasteiger partial charge in [0.15, 0.2) is 0 Å². The molecule has 2 heterocycles. The predicted octanol–water partition coefficient (Wildman–Crippen LogP) is 13.9. The highest BCUT2D eigenvalue weighted by atomic mass is 32.1. The molecule has 240 valence electrons. The van der Waals surface area contributed by atoms with Crippen molar-refractivity contribution in [1.29, 1.82) is 0 Å². The van der Waals surface area contributed by atoms with Crippen molar-refractivity contribution >= 4 is 64.7 Å². The molecule has 0 bridgehead atoms. The molecule has 0 radical (unpaired) electrons. The standard InChI is InChI=1S/C48H32N2S/c1-3-12-32(13-4-1)33-22-25-38(26-23-33)50-44-21-10-8-19-41(44)47-45(50)28-27-40-42-31-36(24-29-46(42)51-48(40)47)35-16-11-17-37(30-35)49-43-20-9-7-18-39(43)34-14-5-2-6-15-34/h1-31,49H. The summed E-state index contributed by atoms with van der Waals surface area (Å²) < 4.78 is 5.06. The third-order valence-electron chi connectivity index (χ3n) is 9.99. The summed E-state index contributed by atoms with van der Waals surface area (Å²) in [6.07, 6.45) is 0. The number of nitrogens with zero attached hydrogens (tertiary/aromatic N) is 1. The average molecular weight is 669 g/mol. The summed E-state index contributed by atoms with van der Waals surface area (Å²) in [7, 11) is 0. The van der Waals surface area contributed by atoms with Crippen LogP contribution in [0.3, 0.4) is 0 Å². The number of aromatic nitrogens is 1. The van der Waals surface area contributed by atoms with Crippen molar-refractivity contribution in [1.82, 2.24) is 4.57 Å². The number of para-hydroxylation sites is 2. The fourth-order valence-electron chi connectivity index (χ4n) is 7.57. The lowest BCUT2D eigenvalue weighted by atomic mass is 10.0. The van der Waals surface area contributed by atoms with Crippen molar-refractivity contribution in [3.63, 3.8) is 0 Å². The summed E-state index contributed by atoms with van der Waals surface area (Å²) in [5, 5.41) is 8.91. The van der Waals surface area contributed by atoms with Gasteiger partial charge in [-0.05, 0) is 82.4 Å². The van der Waals surface area contributed by atoms with Crippen LogP contribution >= 0.6 is 11.3 Å². The van der Waals surface area contributed by atoms with Crippen molar-refractivity contribution in [2.75, 3.05) is 5.32 Å². The first-order valence-corrected chi connectivity index (χ1v) is 18.2. The Balaban J connectivity index is 1.06. The molecule has 0 amide bonds. The smallest absolute Gasteiger partial charge is 0.0555 e. The molecule has 0 aliphatic rings. The quantitative estimate of drug-likeness (QED) is 0.187. The SMILES string of the molecule is c1ccc(-c2ccc(-n3c4ccccc4c4c5sc6ccc(-c7cccc(Nc8ccccc8-c8ccccc8)c7)cc6c5ccc43)cc2)cc1. The maximum absolute atomic E-state index is 3.71. The van der Waals surface area contributed by atoms with Gasteiger partial charge in [-0.3, -0.25) is 0 Å². The minimum absolute atomic E-state index is 1.07. The molecule has 0 aliphatic carbocycles. The van der Waals surface area contributed by atoms with E-state index >= 15 is 0 Å². The Labute approximate surface area is 300 Å². The van der Waals surface area contributed by atoms with E-state index in [2.05, 4.69) is 198 Å². The molecule has 2 aromatic heterocycles. The van der Waals surface area contributed by atoms with Gasteiger partial charge >= 0.3 is 0 Å². The van der Waals surface area contributed by atoms with Crippen LogP contribution in [0.5, 0.6) is 0 Å². The van der Waals surface area contributed by atoms with Crippen molar-refractivity contribution in [3.8, 4) is 39.1 Å². The van der Waals surface area contributed by atoms with Crippen LogP contribution in [0.4, 0.5) is 11.4 Å². The lowest BCUT2D eigenvalue weighted by Crippen LogP contribution is -1.93. The van der Waals surface area contributed by atoms with Gasteiger partial charge in [0.05, 0.1) is 11.0 Å². The molecule has 51 heavy (non-hydrogen) atoms. The maximum Gasteiger partial charge on any atom is 0.0555 e. The second kappa shape index (κ2) is 12.2. The summed E-state index contributed by atoms with van der Waals surface area (Å²) in [6.45, 7) is 0. The highest BCUT2D eigenvalue weighted by molar-refractivity contribution is 7.26. The number of fused-ring (bicyclic) bond motifs is 7.